The first-order valence-electron chi connectivity index (χ1n) is 7.43. The van der Waals surface area contributed by atoms with Gasteiger partial charge in [-0.15, -0.1) is 0 Å². The summed E-state index contributed by atoms with van der Waals surface area (Å²) in [5.41, 5.74) is 1.13. The second kappa shape index (κ2) is 5.88. The second-order valence-corrected chi connectivity index (χ2v) is 5.67. The first kappa shape index (κ1) is 14.7. The summed E-state index contributed by atoms with van der Waals surface area (Å²) in [4.78, 5) is 18.6. The lowest BCUT2D eigenvalue weighted by molar-refractivity contribution is 0.0539. The van der Waals surface area contributed by atoms with Gasteiger partial charge in [0.2, 0.25) is 0 Å². The van der Waals surface area contributed by atoms with Gasteiger partial charge in [-0.3, -0.25) is 4.79 Å². The van der Waals surface area contributed by atoms with Crippen LogP contribution in [0.5, 0.6) is 0 Å². The fourth-order valence-corrected chi connectivity index (χ4v) is 2.98. The molecule has 1 saturated carbocycles. The molecule has 1 aromatic heterocycles. The van der Waals surface area contributed by atoms with E-state index in [-0.39, 0.29) is 11.9 Å². The molecule has 6 heteroatoms. The van der Waals surface area contributed by atoms with Crippen LogP contribution in [0.1, 0.15) is 35.4 Å². The Balaban J connectivity index is 1.93. The van der Waals surface area contributed by atoms with Crippen molar-refractivity contribution in [2.75, 3.05) is 7.05 Å². The molecule has 0 spiro atoms. The number of hydrogen-bond acceptors (Lipinski definition) is 5. The Morgan fingerprint density at radius 2 is 2.14 bits per heavy atom. The third-order valence-electron chi connectivity index (χ3n) is 4.18. The van der Waals surface area contributed by atoms with Crippen LogP contribution >= 0.6 is 0 Å². The molecular weight excluding hydrogens is 282 g/mol. The van der Waals surface area contributed by atoms with Crippen LogP contribution in [0, 0.1) is 6.92 Å². The molecular formula is C16H19N3O3. The van der Waals surface area contributed by atoms with Crippen LogP contribution < -0.4 is 0 Å². The summed E-state index contributed by atoms with van der Waals surface area (Å²) in [6, 6.07) is 7.04. The number of benzene rings is 1. The van der Waals surface area contributed by atoms with Gasteiger partial charge in [0.25, 0.3) is 11.8 Å². The van der Waals surface area contributed by atoms with Gasteiger partial charge in [0.1, 0.15) is 0 Å². The van der Waals surface area contributed by atoms with E-state index in [0.717, 1.165) is 19.3 Å². The van der Waals surface area contributed by atoms with E-state index in [9.17, 15) is 9.90 Å². The van der Waals surface area contributed by atoms with Crippen LogP contribution in [-0.4, -0.2) is 45.2 Å². The number of rotatable bonds is 3. The topological polar surface area (TPSA) is 79.5 Å². The van der Waals surface area contributed by atoms with Gasteiger partial charge >= 0.3 is 0 Å². The number of nitrogens with zero attached hydrogens (tertiary/aromatic N) is 3. The Morgan fingerprint density at radius 1 is 1.36 bits per heavy atom. The molecule has 1 N–H and O–H groups in total. The van der Waals surface area contributed by atoms with Crippen LogP contribution in [0.4, 0.5) is 0 Å². The molecule has 3 rings (SSSR count). The SMILES string of the molecule is Cc1noc(-c2ccccc2C(=O)N(C)[C@@H]2CCC[C@H]2O)n1. The second-order valence-electron chi connectivity index (χ2n) is 5.67. The number of carbonyl (C=O) groups excluding carboxylic acids is 1. The largest absolute Gasteiger partial charge is 0.391 e. The van der Waals surface area contributed by atoms with Crippen LogP contribution in [-0.2, 0) is 0 Å². The Hall–Kier alpha value is -2.21. The average Bonchev–Trinajstić information content (AvgIpc) is 3.14. The molecule has 0 radical (unpaired) electrons. The van der Waals surface area contributed by atoms with Gasteiger partial charge < -0.3 is 14.5 Å². The molecule has 1 aromatic carbocycles. The Morgan fingerprint density at radius 3 is 2.77 bits per heavy atom. The highest BCUT2D eigenvalue weighted by Gasteiger charge is 2.32. The maximum atomic E-state index is 12.8. The molecule has 1 fully saturated rings. The van der Waals surface area contributed by atoms with E-state index in [0.29, 0.717) is 22.8 Å². The van der Waals surface area contributed by atoms with E-state index >= 15 is 0 Å². The van der Waals surface area contributed by atoms with E-state index < -0.39 is 6.10 Å². The van der Waals surface area contributed by atoms with Gasteiger partial charge in [0.05, 0.1) is 23.3 Å². The third-order valence-corrected chi connectivity index (χ3v) is 4.18. The lowest BCUT2D eigenvalue weighted by Crippen LogP contribution is -2.41. The van der Waals surface area contributed by atoms with E-state index in [4.69, 9.17) is 4.52 Å². The third kappa shape index (κ3) is 2.62. The molecule has 22 heavy (non-hydrogen) atoms. The lowest BCUT2D eigenvalue weighted by Gasteiger charge is -2.27. The predicted molar refractivity (Wildman–Crippen MR) is 80.2 cm³/mol. The van der Waals surface area contributed by atoms with Crippen LogP contribution in [0.15, 0.2) is 28.8 Å². The van der Waals surface area contributed by atoms with Crippen molar-refractivity contribution in [2.24, 2.45) is 0 Å². The summed E-state index contributed by atoms with van der Waals surface area (Å²) < 4.78 is 5.19. The van der Waals surface area contributed by atoms with E-state index in [1.165, 1.54) is 0 Å². The monoisotopic (exact) mass is 301 g/mol. The minimum Gasteiger partial charge on any atom is -0.391 e. The van der Waals surface area contributed by atoms with Gasteiger partial charge in [-0.25, -0.2) is 0 Å². The fourth-order valence-electron chi connectivity index (χ4n) is 2.98. The number of aliphatic hydroxyl groups excluding tert-OH is 1. The number of aryl methyl sites for hydroxylation is 1. The molecule has 1 aliphatic carbocycles. The molecule has 0 unspecified atom stereocenters. The van der Waals surface area contributed by atoms with Gasteiger partial charge in [-0.05, 0) is 38.3 Å². The molecule has 0 saturated heterocycles. The number of likely N-dealkylation sites (N-methyl/N-ethyl adjacent to an activating group) is 1. The smallest absolute Gasteiger partial charge is 0.258 e. The van der Waals surface area contributed by atoms with Crippen molar-refractivity contribution >= 4 is 5.91 Å². The zero-order valence-corrected chi connectivity index (χ0v) is 12.7. The zero-order chi connectivity index (χ0) is 15.7. The first-order valence-corrected chi connectivity index (χ1v) is 7.43. The van der Waals surface area contributed by atoms with Gasteiger partial charge in [0, 0.05) is 7.05 Å². The maximum absolute atomic E-state index is 12.8. The minimum atomic E-state index is -0.452. The number of carbonyl (C=O) groups is 1. The van der Waals surface area contributed by atoms with Crippen molar-refractivity contribution in [1.29, 1.82) is 0 Å². The molecule has 1 aliphatic rings. The summed E-state index contributed by atoms with van der Waals surface area (Å²) in [6.45, 7) is 1.73. The molecule has 2 atom stereocenters. The summed E-state index contributed by atoms with van der Waals surface area (Å²) in [5, 5.41) is 13.8. The molecule has 1 amide bonds. The van der Waals surface area contributed by atoms with E-state index in [1.54, 1.807) is 37.1 Å². The molecule has 6 nitrogen and oxygen atoms in total. The Kier molecular flexibility index (Phi) is 3.94. The molecule has 2 aromatic rings. The summed E-state index contributed by atoms with van der Waals surface area (Å²) in [7, 11) is 1.73. The normalized spacial score (nSPS) is 21.0. The van der Waals surface area contributed by atoms with Crippen LogP contribution in [0.2, 0.25) is 0 Å². The minimum absolute atomic E-state index is 0.134. The predicted octanol–water partition coefficient (Wildman–Crippen LogP) is 2.03. The molecule has 116 valence electrons. The molecule has 1 heterocycles. The van der Waals surface area contributed by atoms with Gasteiger partial charge in [-0.1, -0.05) is 17.3 Å². The average molecular weight is 301 g/mol. The first-order chi connectivity index (χ1) is 10.6. The Bertz CT molecular complexity index is 683. The van der Waals surface area contributed by atoms with Crippen molar-refractivity contribution in [3.63, 3.8) is 0 Å². The van der Waals surface area contributed by atoms with E-state index in [2.05, 4.69) is 10.1 Å². The van der Waals surface area contributed by atoms with Crippen LogP contribution in [0.25, 0.3) is 11.5 Å². The maximum Gasteiger partial charge on any atom is 0.258 e. The number of amides is 1. The van der Waals surface area contributed by atoms with Crippen molar-refractivity contribution in [2.45, 2.75) is 38.3 Å². The number of aliphatic hydroxyl groups is 1. The highest BCUT2D eigenvalue weighted by Crippen LogP contribution is 2.27. The highest BCUT2D eigenvalue weighted by atomic mass is 16.5. The fraction of sp³-hybridized carbons (Fsp3) is 0.438. The number of hydrogen-bond donors (Lipinski definition) is 1. The molecule has 0 aliphatic heterocycles. The summed E-state index contributed by atoms with van der Waals surface area (Å²) >= 11 is 0. The van der Waals surface area contributed by atoms with Gasteiger partial charge in [-0.2, -0.15) is 4.98 Å². The lowest BCUT2D eigenvalue weighted by atomic mass is 10.0. The highest BCUT2D eigenvalue weighted by molar-refractivity contribution is 6.00. The summed E-state index contributed by atoms with van der Waals surface area (Å²) in [5.74, 6) is 0.719. The van der Waals surface area contributed by atoms with Crippen molar-refractivity contribution < 1.29 is 14.4 Å². The Labute approximate surface area is 128 Å². The number of aromatic nitrogens is 2. The zero-order valence-electron chi connectivity index (χ0n) is 12.7. The standard InChI is InChI=1S/C16H19N3O3/c1-10-17-15(22-18-10)11-6-3-4-7-12(11)16(21)19(2)13-8-5-9-14(13)20/h3-4,6-7,13-14,20H,5,8-9H2,1-2H3/t13-,14-/m1/s1. The summed E-state index contributed by atoms with van der Waals surface area (Å²) in [6.07, 6.45) is 2.05. The molecule has 0 bridgehead atoms. The van der Waals surface area contributed by atoms with Crippen molar-refractivity contribution in [3.05, 3.63) is 35.7 Å². The van der Waals surface area contributed by atoms with E-state index in [1.807, 2.05) is 6.07 Å². The van der Waals surface area contributed by atoms with Crippen molar-refractivity contribution in [1.82, 2.24) is 15.0 Å². The quantitative estimate of drug-likeness (QED) is 0.938. The van der Waals surface area contributed by atoms with Crippen molar-refractivity contribution in [3.8, 4) is 11.5 Å². The van der Waals surface area contributed by atoms with Crippen LogP contribution in [0.3, 0.4) is 0 Å². The van der Waals surface area contributed by atoms with Gasteiger partial charge in [0.15, 0.2) is 5.82 Å².